The number of amides is 1. The van der Waals surface area contributed by atoms with E-state index in [1.807, 2.05) is 31.2 Å². The number of carbonyl (C=O) groups is 1. The summed E-state index contributed by atoms with van der Waals surface area (Å²) < 4.78 is 0. The molecule has 1 aromatic heterocycles. The van der Waals surface area contributed by atoms with E-state index < -0.39 is 0 Å². The molecule has 0 saturated carbocycles. The molecule has 2 aromatic rings. The minimum absolute atomic E-state index is 0.142. The Kier molecular flexibility index (Phi) is 3.87. The Bertz CT molecular complexity index is 613. The van der Waals surface area contributed by atoms with Crippen molar-refractivity contribution >= 4 is 17.3 Å². The van der Waals surface area contributed by atoms with Gasteiger partial charge in [0.05, 0.1) is 11.8 Å². The van der Waals surface area contributed by atoms with Gasteiger partial charge in [0.1, 0.15) is 0 Å². The number of piperazine rings is 1. The van der Waals surface area contributed by atoms with E-state index in [1.165, 1.54) is 5.69 Å². The minimum atomic E-state index is -0.142. The lowest BCUT2D eigenvalue weighted by atomic mass is 10.2. The Balaban J connectivity index is 1.67. The summed E-state index contributed by atoms with van der Waals surface area (Å²) in [4.78, 5) is 14.4. The Morgan fingerprint density at radius 3 is 2.57 bits per heavy atom. The van der Waals surface area contributed by atoms with Crippen molar-refractivity contribution in [1.82, 2.24) is 15.5 Å². The number of H-pyrrole nitrogens is 1. The molecule has 1 aliphatic rings. The van der Waals surface area contributed by atoms with Gasteiger partial charge in [0.2, 0.25) is 0 Å². The van der Waals surface area contributed by atoms with Gasteiger partial charge in [0.25, 0.3) is 5.91 Å². The molecule has 1 aliphatic heterocycles. The summed E-state index contributed by atoms with van der Waals surface area (Å²) in [5.74, 6) is -0.142. The van der Waals surface area contributed by atoms with Gasteiger partial charge in [0, 0.05) is 43.2 Å². The molecule has 1 fully saturated rings. The molecule has 0 spiro atoms. The predicted molar refractivity (Wildman–Crippen MR) is 82.8 cm³/mol. The average Bonchev–Trinajstić information content (AvgIpc) is 2.95. The number of aromatic amines is 1. The molecule has 6 nitrogen and oxygen atoms in total. The highest BCUT2D eigenvalue weighted by atomic mass is 16.1. The lowest BCUT2D eigenvalue weighted by molar-refractivity contribution is 0.102. The molecule has 1 saturated heterocycles. The van der Waals surface area contributed by atoms with E-state index in [0.29, 0.717) is 5.56 Å². The summed E-state index contributed by atoms with van der Waals surface area (Å²) in [6.07, 6.45) is 1.54. The van der Waals surface area contributed by atoms with Crippen LogP contribution in [0.25, 0.3) is 0 Å². The molecule has 21 heavy (non-hydrogen) atoms. The predicted octanol–water partition coefficient (Wildman–Crippen LogP) is 1.38. The molecular formula is C15H19N5O. The van der Waals surface area contributed by atoms with E-state index in [2.05, 4.69) is 25.7 Å². The van der Waals surface area contributed by atoms with E-state index in [1.54, 1.807) is 6.20 Å². The van der Waals surface area contributed by atoms with Gasteiger partial charge in [-0.25, -0.2) is 0 Å². The number of anilines is 2. The normalized spacial score (nSPS) is 15.0. The van der Waals surface area contributed by atoms with Crippen LogP contribution in [-0.4, -0.2) is 42.3 Å². The number of benzene rings is 1. The van der Waals surface area contributed by atoms with E-state index in [0.717, 1.165) is 37.6 Å². The zero-order chi connectivity index (χ0) is 14.7. The number of rotatable bonds is 3. The highest BCUT2D eigenvalue weighted by Crippen LogP contribution is 2.19. The largest absolute Gasteiger partial charge is 0.369 e. The van der Waals surface area contributed by atoms with Gasteiger partial charge in [0.15, 0.2) is 0 Å². The molecule has 1 aromatic carbocycles. The van der Waals surface area contributed by atoms with Crippen LogP contribution in [0.1, 0.15) is 16.1 Å². The first kappa shape index (κ1) is 13.6. The number of nitrogens with zero attached hydrogens (tertiary/aromatic N) is 2. The van der Waals surface area contributed by atoms with Gasteiger partial charge in [-0.15, -0.1) is 0 Å². The second-order valence-electron chi connectivity index (χ2n) is 5.15. The molecule has 0 unspecified atom stereocenters. The summed E-state index contributed by atoms with van der Waals surface area (Å²) in [5, 5.41) is 12.8. The molecule has 2 heterocycles. The van der Waals surface area contributed by atoms with E-state index in [4.69, 9.17) is 0 Å². The maximum absolute atomic E-state index is 12.1. The Morgan fingerprint density at radius 1 is 1.24 bits per heavy atom. The molecule has 0 bridgehead atoms. The van der Waals surface area contributed by atoms with Gasteiger partial charge in [-0.05, 0) is 31.2 Å². The van der Waals surface area contributed by atoms with E-state index in [9.17, 15) is 4.79 Å². The quantitative estimate of drug-likeness (QED) is 0.796. The van der Waals surface area contributed by atoms with Crippen molar-refractivity contribution in [3.05, 3.63) is 41.7 Å². The molecular weight excluding hydrogens is 266 g/mol. The van der Waals surface area contributed by atoms with Crippen molar-refractivity contribution in [2.45, 2.75) is 6.92 Å². The van der Waals surface area contributed by atoms with Crippen molar-refractivity contribution in [3.8, 4) is 0 Å². The second-order valence-corrected chi connectivity index (χ2v) is 5.15. The van der Waals surface area contributed by atoms with Crippen LogP contribution in [0.3, 0.4) is 0 Å². The highest BCUT2D eigenvalue weighted by molar-refractivity contribution is 6.04. The van der Waals surface area contributed by atoms with Crippen LogP contribution in [0, 0.1) is 6.92 Å². The lowest BCUT2D eigenvalue weighted by Crippen LogP contribution is -2.43. The number of nitrogens with one attached hydrogen (secondary N) is 3. The van der Waals surface area contributed by atoms with Crippen molar-refractivity contribution in [2.24, 2.45) is 0 Å². The molecule has 0 radical (unpaired) electrons. The first-order valence-corrected chi connectivity index (χ1v) is 7.11. The third-order valence-electron chi connectivity index (χ3n) is 3.68. The van der Waals surface area contributed by atoms with Crippen LogP contribution < -0.4 is 15.5 Å². The van der Waals surface area contributed by atoms with Gasteiger partial charge in [-0.2, -0.15) is 5.10 Å². The van der Waals surface area contributed by atoms with Crippen molar-refractivity contribution in [2.75, 3.05) is 36.4 Å². The summed E-state index contributed by atoms with van der Waals surface area (Å²) in [7, 11) is 0. The Morgan fingerprint density at radius 2 is 1.95 bits per heavy atom. The van der Waals surface area contributed by atoms with Crippen LogP contribution in [-0.2, 0) is 0 Å². The molecule has 1 amide bonds. The van der Waals surface area contributed by atoms with Crippen LogP contribution >= 0.6 is 0 Å². The van der Waals surface area contributed by atoms with Gasteiger partial charge >= 0.3 is 0 Å². The lowest BCUT2D eigenvalue weighted by Gasteiger charge is -2.29. The molecule has 3 N–H and O–H groups in total. The van der Waals surface area contributed by atoms with Crippen molar-refractivity contribution in [1.29, 1.82) is 0 Å². The van der Waals surface area contributed by atoms with Crippen LogP contribution in [0.5, 0.6) is 0 Å². The smallest absolute Gasteiger partial charge is 0.259 e. The van der Waals surface area contributed by atoms with E-state index in [-0.39, 0.29) is 5.91 Å². The number of hydrogen-bond acceptors (Lipinski definition) is 4. The van der Waals surface area contributed by atoms with Gasteiger partial charge in [-0.1, -0.05) is 0 Å². The summed E-state index contributed by atoms with van der Waals surface area (Å²) in [6.45, 7) is 5.88. The zero-order valence-electron chi connectivity index (χ0n) is 12.0. The number of carbonyl (C=O) groups excluding carboxylic acids is 1. The Hall–Kier alpha value is -2.34. The number of aromatic nitrogens is 2. The first-order chi connectivity index (χ1) is 10.2. The molecule has 0 aliphatic carbocycles. The van der Waals surface area contributed by atoms with Crippen molar-refractivity contribution < 1.29 is 4.79 Å². The standard InChI is InChI=1S/C15H19N5O/c1-11-14(10-17-19-11)15(21)18-12-2-4-13(5-3-12)20-8-6-16-7-9-20/h2-5,10,16H,6-9H2,1H3,(H,17,19)(H,18,21). The topological polar surface area (TPSA) is 73.0 Å². The Labute approximate surface area is 123 Å². The summed E-state index contributed by atoms with van der Waals surface area (Å²) in [5.41, 5.74) is 3.32. The molecule has 6 heteroatoms. The fraction of sp³-hybridized carbons (Fsp3) is 0.333. The third-order valence-corrected chi connectivity index (χ3v) is 3.68. The first-order valence-electron chi connectivity index (χ1n) is 7.11. The van der Waals surface area contributed by atoms with Crippen LogP contribution in [0.4, 0.5) is 11.4 Å². The summed E-state index contributed by atoms with van der Waals surface area (Å²) in [6, 6.07) is 7.96. The summed E-state index contributed by atoms with van der Waals surface area (Å²) >= 11 is 0. The minimum Gasteiger partial charge on any atom is -0.369 e. The maximum Gasteiger partial charge on any atom is 0.259 e. The van der Waals surface area contributed by atoms with Crippen LogP contribution in [0.2, 0.25) is 0 Å². The fourth-order valence-electron chi connectivity index (χ4n) is 2.46. The van der Waals surface area contributed by atoms with Crippen LogP contribution in [0.15, 0.2) is 30.5 Å². The number of hydrogen-bond donors (Lipinski definition) is 3. The highest BCUT2D eigenvalue weighted by Gasteiger charge is 2.12. The maximum atomic E-state index is 12.1. The average molecular weight is 285 g/mol. The molecule has 3 rings (SSSR count). The SMILES string of the molecule is Cc1[nH]ncc1C(=O)Nc1ccc(N2CCNCC2)cc1. The van der Waals surface area contributed by atoms with Gasteiger partial charge < -0.3 is 15.5 Å². The van der Waals surface area contributed by atoms with E-state index >= 15 is 0 Å². The second kappa shape index (κ2) is 5.97. The fourth-order valence-corrected chi connectivity index (χ4v) is 2.46. The van der Waals surface area contributed by atoms with Gasteiger partial charge in [-0.3, -0.25) is 9.89 Å². The molecule has 0 atom stereocenters. The molecule has 110 valence electrons. The third kappa shape index (κ3) is 3.05. The monoisotopic (exact) mass is 285 g/mol. The zero-order valence-corrected chi connectivity index (χ0v) is 12.0. The van der Waals surface area contributed by atoms with Crippen molar-refractivity contribution in [3.63, 3.8) is 0 Å². The number of aryl methyl sites for hydroxylation is 1.